The fraction of sp³-hybridized carbons (Fsp3) is 0.417. The number of hydrogen-bond acceptors (Lipinski definition) is 3. The molecule has 0 saturated heterocycles. The predicted octanol–water partition coefficient (Wildman–Crippen LogP) is 1.71. The Bertz CT molecular complexity index is 379. The van der Waals surface area contributed by atoms with Gasteiger partial charge in [-0.3, -0.25) is 0 Å². The maximum atomic E-state index is 5.72. The molecule has 1 aromatic carbocycles. The van der Waals surface area contributed by atoms with Gasteiger partial charge in [-0.2, -0.15) is 0 Å². The summed E-state index contributed by atoms with van der Waals surface area (Å²) < 4.78 is 5.05. The highest BCUT2D eigenvalue weighted by molar-refractivity contribution is 7.80. The third-order valence-electron chi connectivity index (χ3n) is 2.46. The van der Waals surface area contributed by atoms with E-state index in [-0.39, 0.29) is 0 Å². The second-order valence-electron chi connectivity index (χ2n) is 3.80. The molecule has 0 bridgehead atoms. The molecule has 2 N–H and O–H groups in total. The van der Waals surface area contributed by atoms with Gasteiger partial charge in [-0.25, -0.2) is 0 Å². The van der Waals surface area contributed by atoms with E-state index in [0.29, 0.717) is 11.6 Å². The summed E-state index contributed by atoms with van der Waals surface area (Å²) in [6, 6.07) is 6.11. The van der Waals surface area contributed by atoms with E-state index in [4.69, 9.17) is 22.7 Å². The van der Waals surface area contributed by atoms with E-state index in [1.54, 1.807) is 7.11 Å². The van der Waals surface area contributed by atoms with Crippen molar-refractivity contribution in [1.82, 2.24) is 0 Å². The van der Waals surface area contributed by atoms with Gasteiger partial charge in [0.15, 0.2) is 0 Å². The first-order valence-electron chi connectivity index (χ1n) is 5.16. The quantitative estimate of drug-likeness (QED) is 0.793. The molecule has 0 atom stereocenters. The van der Waals surface area contributed by atoms with Gasteiger partial charge in [0.05, 0.1) is 6.61 Å². The Labute approximate surface area is 102 Å². The number of thiocarbonyl (C=S) groups is 1. The van der Waals surface area contributed by atoms with Crippen LogP contribution in [0.1, 0.15) is 11.1 Å². The van der Waals surface area contributed by atoms with Gasteiger partial charge in [-0.05, 0) is 19.1 Å². The zero-order chi connectivity index (χ0) is 12.1. The second-order valence-corrected chi connectivity index (χ2v) is 4.24. The van der Waals surface area contributed by atoms with E-state index in [1.165, 1.54) is 0 Å². The summed E-state index contributed by atoms with van der Waals surface area (Å²) >= 11 is 5.06. The lowest BCUT2D eigenvalue weighted by atomic mass is 10.1. The number of rotatable bonds is 5. The second kappa shape index (κ2) is 5.82. The highest BCUT2D eigenvalue weighted by Crippen LogP contribution is 2.20. The van der Waals surface area contributed by atoms with Crippen LogP contribution < -0.4 is 10.6 Å². The summed E-state index contributed by atoms with van der Waals surface area (Å²) in [5.41, 5.74) is 8.86. The van der Waals surface area contributed by atoms with Crippen LogP contribution in [0.3, 0.4) is 0 Å². The van der Waals surface area contributed by atoms with Gasteiger partial charge in [0.2, 0.25) is 0 Å². The van der Waals surface area contributed by atoms with Crippen LogP contribution in [0.15, 0.2) is 18.2 Å². The molecular weight excluding hydrogens is 220 g/mol. The number of methoxy groups -OCH3 is 1. The van der Waals surface area contributed by atoms with Gasteiger partial charge in [0, 0.05) is 32.0 Å². The average Bonchev–Trinajstić information content (AvgIpc) is 2.25. The Balaban J connectivity index is 2.98. The third-order valence-corrected chi connectivity index (χ3v) is 2.68. The molecule has 0 spiro atoms. The molecule has 0 saturated carbocycles. The van der Waals surface area contributed by atoms with Crippen molar-refractivity contribution in [3.8, 4) is 0 Å². The number of benzene rings is 1. The maximum absolute atomic E-state index is 5.72. The minimum Gasteiger partial charge on any atom is -0.389 e. The van der Waals surface area contributed by atoms with Gasteiger partial charge in [-0.15, -0.1) is 0 Å². The smallest absolute Gasteiger partial charge is 0.106 e. The van der Waals surface area contributed by atoms with Crippen molar-refractivity contribution in [3.63, 3.8) is 0 Å². The van der Waals surface area contributed by atoms with Crippen LogP contribution >= 0.6 is 12.2 Å². The number of aryl methyl sites for hydroxylation is 1. The van der Waals surface area contributed by atoms with Crippen LogP contribution in [-0.2, 0) is 4.74 Å². The van der Waals surface area contributed by atoms with Crippen LogP contribution in [0, 0.1) is 6.92 Å². The molecule has 0 aliphatic heterocycles. The highest BCUT2D eigenvalue weighted by atomic mass is 32.1. The number of nitrogens with two attached hydrogens (primary N) is 1. The van der Waals surface area contributed by atoms with Crippen molar-refractivity contribution in [2.75, 3.05) is 32.2 Å². The Kier molecular flexibility index (Phi) is 4.71. The van der Waals surface area contributed by atoms with Crippen LogP contribution in [-0.4, -0.2) is 32.3 Å². The summed E-state index contributed by atoms with van der Waals surface area (Å²) in [5.74, 6) is 0. The lowest BCUT2D eigenvalue weighted by Gasteiger charge is -2.22. The molecule has 0 heterocycles. The summed E-state index contributed by atoms with van der Waals surface area (Å²) in [4.78, 5) is 2.53. The van der Waals surface area contributed by atoms with E-state index in [1.807, 2.05) is 26.1 Å². The molecule has 0 aromatic heterocycles. The van der Waals surface area contributed by atoms with Gasteiger partial charge >= 0.3 is 0 Å². The molecule has 0 fully saturated rings. The van der Waals surface area contributed by atoms with Crippen molar-refractivity contribution in [1.29, 1.82) is 0 Å². The van der Waals surface area contributed by atoms with E-state index < -0.39 is 0 Å². The zero-order valence-corrected chi connectivity index (χ0v) is 10.8. The summed E-state index contributed by atoms with van der Waals surface area (Å²) in [6.45, 7) is 3.52. The lowest BCUT2D eigenvalue weighted by Crippen LogP contribution is -2.25. The average molecular weight is 238 g/mol. The summed E-state index contributed by atoms with van der Waals surface area (Å²) in [5, 5.41) is 0. The van der Waals surface area contributed by atoms with Gasteiger partial charge in [-0.1, -0.05) is 23.8 Å². The normalized spacial score (nSPS) is 10.2. The van der Waals surface area contributed by atoms with Crippen molar-refractivity contribution < 1.29 is 4.74 Å². The first-order chi connectivity index (χ1) is 7.56. The monoisotopic (exact) mass is 238 g/mol. The SMILES string of the molecule is COCCN(C)c1ccc(C)cc1C(N)=S. The molecule has 4 heteroatoms. The van der Waals surface area contributed by atoms with E-state index in [9.17, 15) is 0 Å². The van der Waals surface area contributed by atoms with Crippen molar-refractivity contribution in [2.24, 2.45) is 5.73 Å². The first kappa shape index (κ1) is 12.9. The van der Waals surface area contributed by atoms with Crippen LogP contribution in [0.4, 0.5) is 5.69 Å². The fourth-order valence-corrected chi connectivity index (χ4v) is 1.69. The molecule has 0 aliphatic carbocycles. The molecule has 1 rings (SSSR count). The molecule has 1 aromatic rings. The number of nitrogens with zero attached hydrogens (tertiary/aromatic N) is 1. The van der Waals surface area contributed by atoms with E-state index >= 15 is 0 Å². The molecular formula is C12H18N2OS. The van der Waals surface area contributed by atoms with Crippen molar-refractivity contribution in [2.45, 2.75) is 6.92 Å². The minimum absolute atomic E-state index is 0.433. The third kappa shape index (κ3) is 3.18. The number of ether oxygens (including phenoxy) is 1. The van der Waals surface area contributed by atoms with Crippen molar-refractivity contribution in [3.05, 3.63) is 29.3 Å². The van der Waals surface area contributed by atoms with Crippen molar-refractivity contribution >= 4 is 22.9 Å². The molecule has 88 valence electrons. The van der Waals surface area contributed by atoms with Gasteiger partial charge < -0.3 is 15.4 Å². The van der Waals surface area contributed by atoms with E-state index in [2.05, 4.69) is 11.0 Å². The molecule has 0 radical (unpaired) electrons. The van der Waals surface area contributed by atoms with Crippen LogP contribution in [0.2, 0.25) is 0 Å². The Morgan fingerprint density at radius 2 is 2.19 bits per heavy atom. The lowest BCUT2D eigenvalue weighted by molar-refractivity contribution is 0.206. The summed E-state index contributed by atoms with van der Waals surface area (Å²) in [7, 11) is 3.70. The molecule has 0 unspecified atom stereocenters. The highest BCUT2D eigenvalue weighted by Gasteiger charge is 2.09. The van der Waals surface area contributed by atoms with Gasteiger partial charge in [0.1, 0.15) is 4.99 Å². The Morgan fingerprint density at radius 1 is 1.50 bits per heavy atom. The number of hydrogen-bond donors (Lipinski definition) is 1. The first-order valence-corrected chi connectivity index (χ1v) is 5.57. The Morgan fingerprint density at radius 3 is 2.75 bits per heavy atom. The maximum Gasteiger partial charge on any atom is 0.106 e. The minimum atomic E-state index is 0.433. The zero-order valence-electron chi connectivity index (χ0n) is 9.99. The van der Waals surface area contributed by atoms with E-state index in [0.717, 1.165) is 23.4 Å². The molecule has 0 aliphatic rings. The van der Waals surface area contributed by atoms with Gasteiger partial charge in [0.25, 0.3) is 0 Å². The molecule has 0 amide bonds. The standard InChI is InChI=1S/C12H18N2OS/c1-9-4-5-11(10(8-9)12(13)16)14(2)6-7-15-3/h4-5,8H,6-7H2,1-3H3,(H2,13,16). The number of anilines is 1. The van der Waals surface area contributed by atoms with Crippen LogP contribution in [0.25, 0.3) is 0 Å². The Hall–Kier alpha value is -1.13. The fourth-order valence-electron chi connectivity index (χ4n) is 1.53. The largest absolute Gasteiger partial charge is 0.389 e. The van der Waals surface area contributed by atoms with Crippen LogP contribution in [0.5, 0.6) is 0 Å². The number of likely N-dealkylation sites (N-methyl/N-ethyl adjacent to an activating group) is 1. The molecule has 3 nitrogen and oxygen atoms in total. The topological polar surface area (TPSA) is 38.5 Å². The molecule has 16 heavy (non-hydrogen) atoms. The summed E-state index contributed by atoms with van der Waals surface area (Å²) in [6.07, 6.45) is 0. The predicted molar refractivity (Wildman–Crippen MR) is 72.2 cm³/mol.